The lowest BCUT2D eigenvalue weighted by Crippen LogP contribution is -1.97. The molecule has 0 rings (SSSR count). The largest absolute Gasteiger partial charge is 0.333 e. The highest BCUT2D eigenvalue weighted by Crippen LogP contribution is 1.81. The van der Waals surface area contributed by atoms with Gasteiger partial charge in [0, 0.05) is 0 Å². The third-order valence-corrected chi connectivity index (χ3v) is 0.825. The number of hydrogen-bond donors (Lipinski definition) is 1. The smallest absolute Gasteiger partial charge is 0.267 e. The molecule has 0 amide bonds. The average molecular weight is 126 g/mol. The summed E-state index contributed by atoms with van der Waals surface area (Å²) in [6, 6.07) is 0. The first-order valence-corrected chi connectivity index (χ1v) is 2.68. The van der Waals surface area contributed by atoms with Crippen LogP contribution in [0.25, 0.3) is 0 Å². The third kappa shape index (κ3) is 3.87. The predicted molar refractivity (Wildman–Crippen MR) is 23.5 cm³/mol. The molecule has 0 aliphatic rings. The molecule has 1 unspecified atom stereocenters. The minimum atomic E-state index is -1.97. The molecule has 0 aromatic rings. The van der Waals surface area contributed by atoms with E-state index in [1.165, 1.54) is 0 Å². The summed E-state index contributed by atoms with van der Waals surface area (Å²) >= 11 is -1.97. The van der Waals surface area contributed by atoms with E-state index in [0.29, 0.717) is 0 Å². The Kier molecular flexibility index (Phi) is 4.21. The van der Waals surface area contributed by atoms with Crippen molar-refractivity contribution < 1.29 is 18.0 Å². The molecule has 5 heteroatoms. The highest BCUT2D eigenvalue weighted by atomic mass is 32.2. The first-order valence-electron chi connectivity index (χ1n) is 1.68. The van der Waals surface area contributed by atoms with E-state index in [1.807, 2.05) is 0 Å². The lowest BCUT2D eigenvalue weighted by Gasteiger charge is -1.89. The fraction of sp³-hybridized carbons (Fsp3) is 1.00. The summed E-state index contributed by atoms with van der Waals surface area (Å²) in [6.07, 6.45) is 0. The average Bonchev–Trinajstić information content (AvgIpc) is 1.68. The van der Waals surface area contributed by atoms with E-state index in [9.17, 15) is 4.21 Å². The maximum absolute atomic E-state index is 9.83. The normalized spacial score (nSPS) is 14.0. The monoisotopic (exact) mass is 126 g/mol. The molecule has 1 N–H and O–H groups in total. The van der Waals surface area contributed by atoms with E-state index in [0.717, 1.165) is 0 Å². The van der Waals surface area contributed by atoms with Crippen LogP contribution in [0.3, 0.4) is 0 Å². The summed E-state index contributed by atoms with van der Waals surface area (Å²) in [4.78, 5) is 0. The zero-order chi connectivity index (χ0) is 5.70. The fourth-order valence-electron chi connectivity index (χ4n) is 0.118. The van der Waals surface area contributed by atoms with Gasteiger partial charge in [-0.25, -0.2) is 5.26 Å². The summed E-state index contributed by atoms with van der Waals surface area (Å²) in [5.74, 6) is 0. The van der Waals surface area contributed by atoms with Crippen molar-refractivity contribution >= 4 is 11.4 Å². The molecule has 0 fully saturated rings. The number of rotatable bonds is 3. The zero-order valence-corrected chi connectivity index (χ0v) is 4.60. The maximum atomic E-state index is 9.83. The second-order valence-corrected chi connectivity index (χ2v) is 1.48. The topological polar surface area (TPSA) is 55.8 Å². The van der Waals surface area contributed by atoms with E-state index in [2.05, 4.69) is 8.52 Å². The molecule has 0 aromatic carbocycles. The van der Waals surface area contributed by atoms with Gasteiger partial charge in [0.25, 0.3) is 0 Å². The molecule has 4 nitrogen and oxygen atoms in total. The van der Waals surface area contributed by atoms with E-state index in [4.69, 9.17) is 5.26 Å². The molecule has 0 aliphatic carbocycles. The van der Waals surface area contributed by atoms with Crippen LogP contribution in [0.4, 0.5) is 0 Å². The molecule has 1 atom stereocenters. The van der Waals surface area contributed by atoms with Crippen molar-refractivity contribution in [2.75, 3.05) is 6.61 Å². The summed E-state index contributed by atoms with van der Waals surface area (Å²) in [7, 11) is 0. The molecular formula is C2H6O4S. The van der Waals surface area contributed by atoms with Gasteiger partial charge in [0.15, 0.2) is 0 Å². The molecule has 0 aromatic heterocycles. The van der Waals surface area contributed by atoms with Gasteiger partial charge >= 0.3 is 11.4 Å². The Bertz CT molecular complexity index is 62.7. The maximum Gasteiger partial charge on any atom is 0.333 e. The predicted octanol–water partition coefficient (Wildman–Crippen LogP) is 0.0912. The van der Waals surface area contributed by atoms with Crippen molar-refractivity contribution in [2.24, 2.45) is 0 Å². The Morgan fingerprint density at radius 3 is 2.57 bits per heavy atom. The van der Waals surface area contributed by atoms with Gasteiger partial charge in [0.2, 0.25) is 0 Å². The van der Waals surface area contributed by atoms with Gasteiger partial charge in [-0.2, -0.15) is 4.21 Å². The lowest BCUT2D eigenvalue weighted by atomic mass is 10.9. The molecule has 7 heavy (non-hydrogen) atoms. The quantitative estimate of drug-likeness (QED) is 0.430. The molecular weight excluding hydrogens is 120 g/mol. The SMILES string of the molecule is CCOS(=O)OO. The second-order valence-electron chi connectivity index (χ2n) is 0.685. The Hall–Kier alpha value is 0.0300. The minimum Gasteiger partial charge on any atom is -0.267 e. The van der Waals surface area contributed by atoms with Crippen LogP contribution in [0.5, 0.6) is 0 Å². The van der Waals surface area contributed by atoms with Gasteiger partial charge in [-0.1, -0.05) is 0 Å². The van der Waals surface area contributed by atoms with Crippen molar-refractivity contribution in [3.8, 4) is 0 Å². The van der Waals surface area contributed by atoms with Gasteiger partial charge in [0.05, 0.1) is 6.61 Å². The van der Waals surface area contributed by atoms with Crippen molar-refractivity contribution in [1.82, 2.24) is 0 Å². The van der Waals surface area contributed by atoms with Crippen molar-refractivity contribution in [3.05, 3.63) is 0 Å². The van der Waals surface area contributed by atoms with Gasteiger partial charge < -0.3 is 0 Å². The van der Waals surface area contributed by atoms with E-state index in [1.54, 1.807) is 6.92 Å². The molecule has 0 aliphatic heterocycles. The molecule has 0 spiro atoms. The van der Waals surface area contributed by atoms with Gasteiger partial charge in [0.1, 0.15) is 0 Å². The third-order valence-electron chi connectivity index (χ3n) is 0.275. The van der Waals surface area contributed by atoms with Crippen LogP contribution in [-0.2, 0) is 19.9 Å². The van der Waals surface area contributed by atoms with E-state index < -0.39 is 11.4 Å². The number of hydrogen-bond acceptors (Lipinski definition) is 4. The standard InChI is InChI=1S/C2H6O4S/c1-2-5-7(4)6-3/h3H,2H2,1H3. The van der Waals surface area contributed by atoms with E-state index in [-0.39, 0.29) is 6.61 Å². The molecule has 0 saturated carbocycles. The molecule has 0 heterocycles. The minimum absolute atomic E-state index is 0.257. The molecule has 0 bridgehead atoms. The highest BCUT2D eigenvalue weighted by Gasteiger charge is 1.92. The summed E-state index contributed by atoms with van der Waals surface area (Å²) < 4.78 is 17.3. The van der Waals surface area contributed by atoms with Gasteiger partial charge in [-0.05, 0) is 6.92 Å². The van der Waals surface area contributed by atoms with Crippen molar-refractivity contribution in [3.63, 3.8) is 0 Å². The first-order chi connectivity index (χ1) is 3.31. The van der Waals surface area contributed by atoms with Crippen LogP contribution in [0, 0.1) is 0 Å². The van der Waals surface area contributed by atoms with Crippen LogP contribution >= 0.6 is 0 Å². The second kappa shape index (κ2) is 4.20. The van der Waals surface area contributed by atoms with E-state index >= 15 is 0 Å². The van der Waals surface area contributed by atoms with Crippen LogP contribution in [0.1, 0.15) is 6.92 Å². The Labute approximate surface area is 43.8 Å². The zero-order valence-electron chi connectivity index (χ0n) is 3.79. The summed E-state index contributed by atoms with van der Waals surface area (Å²) in [6.45, 7) is 1.89. The first kappa shape index (κ1) is 7.03. The van der Waals surface area contributed by atoms with Crippen LogP contribution in [0.15, 0.2) is 0 Å². The van der Waals surface area contributed by atoms with Crippen molar-refractivity contribution in [1.29, 1.82) is 0 Å². The van der Waals surface area contributed by atoms with Crippen LogP contribution < -0.4 is 0 Å². The highest BCUT2D eigenvalue weighted by molar-refractivity contribution is 7.75. The van der Waals surface area contributed by atoms with Crippen molar-refractivity contribution in [2.45, 2.75) is 6.92 Å². The van der Waals surface area contributed by atoms with Crippen LogP contribution in [0.2, 0.25) is 0 Å². The Morgan fingerprint density at radius 2 is 2.43 bits per heavy atom. The molecule has 0 radical (unpaired) electrons. The summed E-state index contributed by atoms with van der Waals surface area (Å²) in [5, 5.41) is 7.54. The van der Waals surface area contributed by atoms with Gasteiger partial charge in [-0.15, -0.1) is 4.33 Å². The Morgan fingerprint density at radius 1 is 1.86 bits per heavy atom. The Balaban J connectivity index is 3.00. The lowest BCUT2D eigenvalue weighted by molar-refractivity contribution is -0.134. The van der Waals surface area contributed by atoms with Crippen LogP contribution in [-0.4, -0.2) is 16.1 Å². The fourth-order valence-corrected chi connectivity index (χ4v) is 0.353. The van der Waals surface area contributed by atoms with Gasteiger partial charge in [-0.3, -0.25) is 4.18 Å². The summed E-state index contributed by atoms with van der Waals surface area (Å²) in [5.41, 5.74) is 0. The molecule has 44 valence electrons. The molecule has 0 saturated heterocycles.